The van der Waals surface area contributed by atoms with Crippen molar-refractivity contribution in [2.75, 3.05) is 5.32 Å². The maximum atomic E-state index is 11.4. The predicted molar refractivity (Wildman–Crippen MR) is 69.8 cm³/mol. The number of anilines is 1. The van der Waals surface area contributed by atoms with Crippen LogP contribution in [0.25, 0.3) is 10.9 Å². The Hall–Kier alpha value is -2.52. The highest BCUT2D eigenvalue weighted by atomic mass is 16.4. The number of hydrogen-bond donors (Lipinski definition) is 6. The SMILES string of the molecule is NC(=O)Nc1[nH]c2cc(B(O)O)ccc2c1C(N)=O. The number of nitrogens with one attached hydrogen (secondary N) is 2. The van der Waals surface area contributed by atoms with E-state index in [4.69, 9.17) is 21.5 Å². The minimum atomic E-state index is -1.64. The fourth-order valence-corrected chi connectivity index (χ4v) is 1.85. The quantitative estimate of drug-likeness (QED) is 0.370. The van der Waals surface area contributed by atoms with Gasteiger partial charge in [0, 0.05) is 10.9 Å². The van der Waals surface area contributed by atoms with E-state index in [1.807, 2.05) is 0 Å². The van der Waals surface area contributed by atoms with Gasteiger partial charge < -0.3 is 26.5 Å². The number of benzene rings is 1. The first-order valence-electron chi connectivity index (χ1n) is 5.28. The number of hydrogen-bond acceptors (Lipinski definition) is 4. The summed E-state index contributed by atoms with van der Waals surface area (Å²) in [6.45, 7) is 0. The van der Waals surface area contributed by atoms with Crippen molar-refractivity contribution in [1.82, 2.24) is 4.98 Å². The summed E-state index contributed by atoms with van der Waals surface area (Å²) in [7, 11) is -1.64. The molecule has 8 nitrogen and oxygen atoms in total. The highest BCUT2D eigenvalue weighted by Gasteiger charge is 2.19. The third kappa shape index (κ3) is 2.37. The zero-order valence-corrected chi connectivity index (χ0v) is 9.68. The lowest BCUT2D eigenvalue weighted by Gasteiger charge is -2.00. The molecule has 19 heavy (non-hydrogen) atoms. The van der Waals surface area contributed by atoms with Gasteiger partial charge in [0.15, 0.2) is 0 Å². The second kappa shape index (κ2) is 4.63. The van der Waals surface area contributed by atoms with Crippen molar-refractivity contribution in [3.05, 3.63) is 23.8 Å². The van der Waals surface area contributed by atoms with E-state index in [9.17, 15) is 9.59 Å². The molecule has 9 heteroatoms. The highest BCUT2D eigenvalue weighted by molar-refractivity contribution is 6.58. The van der Waals surface area contributed by atoms with Crippen molar-refractivity contribution in [3.63, 3.8) is 0 Å². The number of urea groups is 1. The van der Waals surface area contributed by atoms with Gasteiger partial charge in [0.05, 0.1) is 5.56 Å². The Morgan fingerprint density at radius 3 is 2.47 bits per heavy atom. The predicted octanol–water partition coefficient (Wildman–Crippen LogP) is -1.56. The van der Waals surface area contributed by atoms with Gasteiger partial charge in [-0.15, -0.1) is 0 Å². The molecule has 1 heterocycles. The molecule has 0 spiro atoms. The Labute approximate surface area is 107 Å². The zero-order chi connectivity index (χ0) is 14.2. The minimum absolute atomic E-state index is 0.0691. The van der Waals surface area contributed by atoms with E-state index < -0.39 is 19.1 Å². The average molecular weight is 262 g/mol. The maximum Gasteiger partial charge on any atom is 0.488 e. The van der Waals surface area contributed by atoms with E-state index in [-0.39, 0.29) is 16.8 Å². The van der Waals surface area contributed by atoms with Crippen LogP contribution in [0.1, 0.15) is 10.4 Å². The van der Waals surface area contributed by atoms with Crippen molar-refractivity contribution in [2.24, 2.45) is 11.5 Å². The number of aromatic nitrogens is 1. The van der Waals surface area contributed by atoms with Crippen LogP contribution in [0.3, 0.4) is 0 Å². The summed E-state index contributed by atoms with van der Waals surface area (Å²) in [6.07, 6.45) is 0. The first kappa shape index (κ1) is 12.9. The Morgan fingerprint density at radius 1 is 1.26 bits per heavy atom. The summed E-state index contributed by atoms with van der Waals surface area (Å²) in [5.74, 6) is -0.674. The fraction of sp³-hybridized carbons (Fsp3) is 0. The summed E-state index contributed by atoms with van der Waals surface area (Å²) < 4.78 is 0. The molecule has 0 atom stereocenters. The number of H-pyrrole nitrogens is 1. The van der Waals surface area contributed by atoms with Crippen molar-refractivity contribution in [1.29, 1.82) is 0 Å². The normalized spacial score (nSPS) is 10.4. The van der Waals surface area contributed by atoms with Gasteiger partial charge in [0.25, 0.3) is 5.91 Å². The van der Waals surface area contributed by atoms with Crippen molar-refractivity contribution in [3.8, 4) is 0 Å². The molecular formula is C10H11BN4O4. The first-order valence-corrected chi connectivity index (χ1v) is 5.28. The molecule has 8 N–H and O–H groups in total. The summed E-state index contributed by atoms with van der Waals surface area (Å²) in [6, 6.07) is 3.50. The topological polar surface area (TPSA) is 154 Å². The molecule has 0 saturated heterocycles. The number of rotatable bonds is 3. The highest BCUT2D eigenvalue weighted by Crippen LogP contribution is 2.25. The third-order valence-corrected chi connectivity index (χ3v) is 2.62. The largest absolute Gasteiger partial charge is 0.488 e. The maximum absolute atomic E-state index is 11.4. The lowest BCUT2D eigenvalue weighted by Crippen LogP contribution is -2.29. The van der Waals surface area contributed by atoms with Crippen LogP contribution in [0.5, 0.6) is 0 Å². The van der Waals surface area contributed by atoms with E-state index in [0.717, 1.165) is 0 Å². The summed E-state index contributed by atoms with van der Waals surface area (Å²) in [5.41, 5.74) is 11.0. The Morgan fingerprint density at radius 2 is 1.95 bits per heavy atom. The van der Waals surface area contributed by atoms with E-state index in [0.29, 0.717) is 10.9 Å². The molecule has 1 aromatic carbocycles. The van der Waals surface area contributed by atoms with Gasteiger partial charge in [-0.25, -0.2) is 4.79 Å². The number of carbonyl (C=O) groups excluding carboxylic acids is 2. The smallest absolute Gasteiger partial charge is 0.423 e. The molecule has 3 amide bonds. The molecule has 0 aliphatic rings. The third-order valence-electron chi connectivity index (χ3n) is 2.62. The van der Waals surface area contributed by atoms with Gasteiger partial charge in [-0.2, -0.15) is 0 Å². The molecule has 2 rings (SSSR count). The first-order chi connectivity index (χ1) is 8.90. The monoisotopic (exact) mass is 262 g/mol. The van der Waals surface area contributed by atoms with Gasteiger partial charge in [-0.3, -0.25) is 10.1 Å². The summed E-state index contributed by atoms with van der Waals surface area (Å²) >= 11 is 0. The standard InChI is InChI=1S/C10H11BN4O4/c12-8(16)7-5-2-1-4(11(18)19)3-6(5)14-9(7)15-10(13)17/h1-3,14,18-19H,(H2,12,16)(H3,13,15,17). The molecule has 0 aliphatic heterocycles. The second-order valence-corrected chi connectivity index (χ2v) is 3.91. The number of primary amides is 2. The van der Waals surface area contributed by atoms with Gasteiger partial charge in [-0.1, -0.05) is 12.1 Å². The van der Waals surface area contributed by atoms with Gasteiger partial charge in [0.2, 0.25) is 0 Å². The van der Waals surface area contributed by atoms with Crippen molar-refractivity contribution < 1.29 is 19.6 Å². The molecular weight excluding hydrogens is 251 g/mol. The Kier molecular flexibility index (Phi) is 3.15. The lowest BCUT2D eigenvalue weighted by atomic mass is 9.80. The van der Waals surface area contributed by atoms with Gasteiger partial charge in [0.1, 0.15) is 5.82 Å². The lowest BCUT2D eigenvalue weighted by molar-refractivity contribution is 0.100. The van der Waals surface area contributed by atoms with E-state index >= 15 is 0 Å². The van der Waals surface area contributed by atoms with Crippen LogP contribution in [-0.4, -0.2) is 34.1 Å². The van der Waals surface area contributed by atoms with Crippen LogP contribution >= 0.6 is 0 Å². The van der Waals surface area contributed by atoms with E-state index in [1.165, 1.54) is 18.2 Å². The number of fused-ring (bicyclic) bond motifs is 1. The molecule has 0 aliphatic carbocycles. The Balaban J connectivity index is 2.65. The average Bonchev–Trinajstić information content (AvgIpc) is 2.64. The van der Waals surface area contributed by atoms with Crippen LogP contribution in [0, 0.1) is 0 Å². The number of aromatic amines is 1. The van der Waals surface area contributed by atoms with Crippen LogP contribution in [0.2, 0.25) is 0 Å². The summed E-state index contributed by atoms with van der Waals surface area (Å²) in [5, 5.41) is 20.8. The molecule has 2 aromatic rings. The van der Waals surface area contributed by atoms with Gasteiger partial charge >= 0.3 is 13.1 Å². The number of amides is 3. The molecule has 0 radical (unpaired) electrons. The van der Waals surface area contributed by atoms with Crippen LogP contribution < -0.4 is 22.2 Å². The fourth-order valence-electron chi connectivity index (χ4n) is 1.85. The van der Waals surface area contributed by atoms with Crippen LogP contribution in [0.15, 0.2) is 18.2 Å². The molecule has 0 unspecified atom stereocenters. The van der Waals surface area contributed by atoms with E-state index in [1.54, 1.807) is 0 Å². The molecule has 0 bridgehead atoms. The van der Waals surface area contributed by atoms with E-state index in [2.05, 4.69) is 10.3 Å². The van der Waals surface area contributed by atoms with Crippen molar-refractivity contribution >= 4 is 41.2 Å². The molecule has 1 aromatic heterocycles. The zero-order valence-electron chi connectivity index (χ0n) is 9.68. The number of nitrogens with two attached hydrogens (primary N) is 2. The summed E-state index contributed by atoms with van der Waals surface area (Å²) in [4.78, 5) is 25.0. The van der Waals surface area contributed by atoms with Crippen LogP contribution in [0.4, 0.5) is 10.6 Å². The second-order valence-electron chi connectivity index (χ2n) is 3.91. The number of carbonyl (C=O) groups is 2. The Bertz CT molecular complexity index is 667. The molecule has 98 valence electrons. The molecule has 0 saturated carbocycles. The van der Waals surface area contributed by atoms with Crippen LogP contribution in [-0.2, 0) is 0 Å². The minimum Gasteiger partial charge on any atom is -0.423 e. The van der Waals surface area contributed by atoms with Crippen molar-refractivity contribution in [2.45, 2.75) is 0 Å². The van der Waals surface area contributed by atoms with Gasteiger partial charge in [-0.05, 0) is 11.5 Å². The molecule has 0 fully saturated rings.